The number of rotatable bonds is 3. The Morgan fingerprint density at radius 1 is 1.00 bits per heavy atom. The Bertz CT molecular complexity index is 178. The fourth-order valence-corrected chi connectivity index (χ4v) is 0.889. The van der Waals surface area contributed by atoms with Gasteiger partial charge in [0.05, 0.1) is 26.2 Å². The van der Waals surface area contributed by atoms with Crippen molar-refractivity contribution in [2.45, 2.75) is 46.1 Å². The fraction of sp³-hybridized carbons (Fsp3) is 1.00. The minimum absolute atomic E-state index is 0.384. The summed E-state index contributed by atoms with van der Waals surface area (Å²) in [6.45, 7) is 10.5. The molecule has 0 fully saturated rings. The summed E-state index contributed by atoms with van der Waals surface area (Å²) in [5.41, 5.74) is 0.384. The summed E-state index contributed by atoms with van der Waals surface area (Å²) in [6.07, 6.45) is 2.64. The van der Waals surface area contributed by atoms with Gasteiger partial charge >= 0.3 is 7.25 Å². The first-order chi connectivity index (χ1) is 6.81. The Hall–Kier alpha value is -0.255. The van der Waals surface area contributed by atoms with Crippen LogP contribution in [-0.4, -0.2) is 37.9 Å². The first kappa shape index (κ1) is 18.1. The van der Waals surface area contributed by atoms with Crippen LogP contribution in [0.5, 0.6) is 0 Å². The molecular weight excluding hydrogens is 221 g/mol. The van der Waals surface area contributed by atoms with E-state index in [0.717, 1.165) is 4.48 Å². The normalized spacial score (nSPS) is 13.1. The van der Waals surface area contributed by atoms with Crippen LogP contribution in [0.25, 0.3) is 0 Å². The molecule has 0 aromatic carbocycles. The summed E-state index contributed by atoms with van der Waals surface area (Å²) in [5, 5.41) is 0. The minimum atomic E-state index is -6.00. The number of quaternary nitrogens is 1. The Labute approximate surface area is 96.5 Å². The smallest absolute Gasteiger partial charge is 0.418 e. The quantitative estimate of drug-likeness (QED) is 0.401. The van der Waals surface area contributed by atoms with Crippen molar-refractivity contribution >= 4 is 7.25 Å². The second-order valence-electron chi connectivity index (χ2n) is 5.43. The molecule has 0 saturated carbocycles. The van der Waals surface area contributed by atoms with Crippen molar-refractivity contribution in [3.05, 3.63) is 0 Å². The molecule has 0 unspecified atom stereocenters. The highest BCUT2D eigenvalue weighted by molar-refractivity contribution is 6.50. The lowest BCUT2D eigenvalue weighted by atomic mass is 10.0. The van der Waals surface area contributed by atoms with Gasteiger partial charge in [-0.15, -0.1) is 0 Å². The van der Waals surface area contributed by atoms with E-state index in [-0.39, 0.29) is 0 Å². The van der Waals surface area contributed by atoms with Crippen LogP contribution >= 0.6 is 0 Å². The number of unbranched alkanes of at least 4 members (excludes halogenated alkanes) is 1. The molecule has 0 aliphatic carbocycles. The van der Waals surface area contributed by atoms with Gasteiger partial charge in [-0.05, 0) is 27.2 Å². The predicted octanol–water partition coefficient (Wildman–Crippen LogP) is 3.96. The molecule has 6 heteroatoms. The molecule has 0 aliphatic rings. The van der Waals surface area contributed by atoms with E-state index in [4.69, 9.17) is 0 Å². The van der Waals surface area contributed by atoms with Crippen LogP contribution in [0.2, 0.25) is 0 Å². The van der Waals surface area contributed by atoms with Gasteiger partial charge in [0.2, 0.25) is 0 Å². The third-order valence-corrected chi connectivity index (χ3v) is 2.89. The lowest BCUT2D eigenvalue weighted by Crippen LogP contribution is -2.54. The highest BCUT2D eigenvalue weighted by atomic mass is 19.5. The third kappa shape index (κ3) is 11.8. The van der Waals surface area contributed by atoms with Gasteiger partial charge in [-0.3, -0.25) is 0 Å². The molecule has 0 aromatic rings. The molecule has 1 nitrogen and oxygen atoms in total. The molecule has 0 aromatic heterocycles. The Kier molecular flexibility index (Phi) is 7.33. The topological polar surface area (TPSA) is 0 Å². The van der Waals surface area contributed by atoms with E-state index in [1.54, 1.807) is 0 Å². The van der Waals surface area contributed by atoms with Crippen LogP contribution in [0.1, 0.15) is 40.5 Å². The van der Waals surface area contributed by atoms with Crippen molar-refractivity contribution in [2.75, 3.05) is 20.6 Å². The Morgan fingerprint density at radius 3 is 1.50 bits per heavy atom. The number of nitrogens with zero attached hydrogens (tertiary/aromatic N) is 1. The average Bonchev–Trinajstić information content (AvgIpc) is 1.95. The summed E-state index contributed by atoms with van der Waals surface area (Å²) in [6, 6.07) is 0. The second kappa shape index (κ2) is 6.47. The van der Waals surface area contributed by atoms with Crippen molar-refractivity contribution in [1.82, 2.24) is 0 Å². The van der Waals surface area contributed by atoms with Crippen LogP contribution in [0.4, 0.5) is 17.3 Å². The molecular formula is C10H24BF4N. The molecule has 0 amide bonds. The number of halogens is 4. The van der Waals surface area contributed by atoms with E-state index in [2.05, 4.69) is 41.8 Å². The zero-order chi connectivity index (χ0) is 13.6. The monoisotopic (exact) mass is 245 g/mol. The highest BCUT2D eigenvalue weighted by Crippen LogP contribution is 2.19. The van der Waals surface area contributed by atoms with Gasteiger partial charge in [-0.25, -0.2) is 0 Å². The van der Waals surface area contributed by atoms with Gasteiger partial charge in [0.25, 0.3) is 0 Å². The maximum atomic E-state index is 9.75. The molecule has 0 spiro atoms. The van der Waals surface area contributed by atoms with Crippen LogP contribution in [0.3, 0.4) is 0 Å². The van der Waals surface area contributed by atoms with Crippen LogP contribution in [0, 0.1) is 0 Å². The first-order valence-corrected chi connectivity index (χ1v) is 5.51. The van der Waals surface area contributed by atoms with Crippen LogP contribution in [0.15, 0.2) is 0 Å². The van der Waals surface area contributed by atoms with Crippen molar-refractivity contribution < 1.29 is 21.7 Å². The fourth-order valence-electron chi connectivity index (χ4n) is 0.889. The van der Waals surface area contributed by atoms with E-state index < -0.39 is 7.25 Å². The maximum Gasteiger partial charge on any atom is 0.673 e. The summed E-state index contributed by atoms with van der Waals surface area (Å²) >= 11 is 0. The molecule has 0 rings (SSSR count). The van der Waals surface area contributed by atoms with Crippen molar-refractivity contribution in [2.24, 2.45) is 0 Å². The van der Waals surface area contributed by atoms with Crippen LogP contribution < -0.4 is 0 Å². The van der Waals surface area contributed by atoms with Crippen molar-refractivity contribution in [3.8, 4) is 0 Å². The summed E-state index contributed by atoms with van der Waals surface area (Å²) in [5.74, 6) is 0. The lowest BCUT2D eigenvalue weighted by Gasteiger charge is -2.42. The molecule has 0 heterocycles. The zero-order valence-corrected chi connectivity index (χ0v) is 11.2. The zero-order valence-electron chi connectivity index (χ0n) is 11.2. The SMILES string of the molecule is CCCC[N+](C)(C)C(C)(C)C.F[B-](F)(F)F. The Balaban J connectivity index is 0. The molecule has 0 N–H and O–H groups in total. The maximum absolute atomic E-state index is 9.75. The number of hydrogen-bond donors (Lipinski definition) is 0. The molecule has 0 bridgehead atoms. The van der Waals surface area contributed by atoms with Crippen molar-refractivity contribution in [3.63, 3.8) is 0 Å². The molecule has 100 valence electrons. The van der Waals surface area contributed by atoms with Gasteiger partial charge in [-0.2, -0.15) is 0 Å². The average molecular weight is 245 g/mol. The molecule has 0 radical (unpaired) electrons. The third-order valence-electron chi connectivity index (χ3n) is 2.89. The summed E-state index contributed by atoms with van der Waals surface area (Å²) < 4.78 is 40.1. The number of hydrogen-bond acceptors (Lipinski definition) is 0. The van der Waals surface area contributed by atoms with Crippen LogP contribution in [-0.2, 0) is 0 Å². The van der Waals surface area contributed by atoms with Gasteiger partial charge in [0.15, 0.2) is 0 Å². The molecule has 0 aliphatic heterocycles. The minimum Gasteiger partial charge on any atom is -0.418 e. The van der Waals surface area contributed by atoms with Gasteiger partial charge in [-0.1, -0.05) is 13.3 Å². The van der Waals surface area contributed by atoms with E-state index in [1.807, 2.05) is 0 Å². The highest BCUT2D eigenvalue weighted by Gasteiger charge is 2.30. The van der Waals surface area contributed by atoms with E-state index in [9.17, 15) is 17.3 Å². The molecule has 0 saturated heterocycles. The standard InChI is InChI=1S/C10H24N.BF4/c1-7-8-9-11(5,6)10(2,3)4;2-1(3,4)5/h7-9H2,1-6H3;/q+1;-1. The van der Waals surface area contributed by atoms with E-state index >= 15 is 0 Å². The van der Waals surface area contributed by atoms with Gasteiger partial charge < -0.3 is 21.7 Å². The van der Waals surface area contributed by atoms with E-state index in [0.29, 0.717) is 5.54 Å². The predicted molar refractivity (Wildman–Crippen MR) is 61.8 cm³/mol. The van der Waals surface area contributed by atoms with Gasteiger partial charge in [0.1, 0.15) is 0 Å². The van der Waals surface area contributed by atoms with Gasteiger partial charge in [0, 0.05) is 0 Å². The first-order valence-electron chi connectivity index (χ1n) is 5.51. The molecule has 16 heavy (non-hydrogen) atoms. The summed E-state index contributed by atoms with van der Waals surface area (Å²) in [4.78, 5) is 0. The van der Waals surface area contributed by atoms with Crippen molar-refractivity contribution in [1.29, 1.82) is 0 Å². The van der Waals surface area contributed by atoms with E-state index in [1.165, 1.54) is 19.4 Å². The Morgan fingerprint density at radius 2 is 1.31 bits per heavy atom. The lowest BCUT2D eigenvalue weighted by molar-refractivity contribution is -0.935. The summed E-state index contributed by atoms with van der Waals surface area (Å²) in [7, 11) is -1.37. The largest absolute Gasteiger partial charge is 0.673 e. The molecule has 0 atom stereocenters. The second-order valence-corrected chi connectivity index (χ2v) is 5.43.